The molecule has 2 aliphatic rings. The van der Waals surface area contributed by atoms with Crippen molar-refractivity contribution < 1.29 is 9.53 Å². The number of ether oxygens (including phenoxy) is 1. The van der Waals surface area contributed by atoms with Crippen molar-refractivity contribution in [3.8, 4) is 0 Å². The highest BCUT2D eigenvalue weighted by Gasteiger charge is 2.26. The first-order valence-electron chi connectivity index (χ1n) is 4.74. The fourth-order valence-electron chi connectivity index (χ4n) is 2.00. The standard InChI is InChI=1S/C12H9NO2/c13-12(14)10-6-15-11-8-4-2-1-3-7(8)5-9(10)11/h1-5H,6H2,(H2,13,14). The fourth-order valence-corrected chi connectivity index (χ4v) is 2.00. The zero-order valence-corrected chi connectivity index (χ0v) is 7.99. The maximum Gasteiger partial charge on any atom is 0.248 e. The molecule has 1 aliphatic heterocycles. The Morgan fingerprint density at radius 2 is 2.13 bits per heavy atom. The van der Waals surface area contributed by atoms with Crippen molar-refractivity contribution >= 4 is 17.7 Å². The molecule has 0 radical (unpaired) electrons. The van der Waals surface area contributed by atoms with Gasteiger partial charge in [0.2, 0.25) is 5.91 Å². The summed E-state index contributed by atoms with van der Waals surface area (Å²) in [6.45, 7) is 0.296. The van der Waals surface area contributed by atoms with E-state index in [-0.39, 0.29) is 0 Å². The first kappa shape index (κ1) is 8.29. The van der Waals surface area contributed by atoms with Crippen LogP contribution in [-0.4, -0.2) is 12.5 Å². The van der Waals surface area contributed by atoms with Crippen LogP contribution in [0.3, 0.4) is 0 Å². The van der Waals surface area contributed by atoms with Crippen LogP contribution in [0.1, 0.15) is 0 Å². The molecule has 1 aromatic rings. The summed E-state index contributed by atoms with van der Waals surface area (Å²) >= 11 is 0. The van der Waals surface area contributed by atoms with Crippen molar-refractivity contribution in [1.29, 1.82) is 0 Å². The normalized spacial score (nSPS) is 16.9. The number of hydrogen-bond donors (Lipinski definition) is 1. The molecule has 74 valence electrons. The maximum atomic E-state index is 11.1. The molecular weight excluding hydrogens is 190 g/mol. The molecule has 0 unspecified atom stereocenters. The third kappa shape index (κ3) is 1.03. The molecule has 2 N–H and O–H groups in total. The third-order valence-corrected chi connectivity index (χ3v) is 2.73. The van der Waals surface area contributed by atoms with Crippen LogP contribution in [-0.2, 0) is 9.53 Å². The molecule has 0 atom stereocenters. The van der Waals surface area contributed by atoms with Gasteiger partial charge < -0.3 is 10.5 Å². The van der Waals surface area contributed by atoms with Crippen LogP contribution in [0.5, 0.6) is 0 Å². The maximum absolute atomic E-state index is 11.1. The molecule has 3 heteroatoms. The van der Waals surface area contributed by atoms with Crippen molar-refractivity contribution in [2.75, 3.05) is 6.61 Å². The Kier molecular flexibility index (Phi) is 1.51. The molecule has 3 nitrogen and oxygen atoms in total. The van der Waals surface area contributed by atoms with E-state index in [0.717, 1.165) is 21.8 Å². The lowest BCUT2D eigenvalue weighted by Crippen LogP contribution is -2.22. The lowest BCUT2D eigenvalue weighted by Gasteiger charge is -1.95. The Hall–Kier alpha value is -2.03. The van der Waals surface area contributed by atoms with Crippen molar-refractivity contribution in [3.63, 3.8) is 0 Å². The van der Waals surface area contributed by atoms with E-state index >= 15 is 0 Å². The van der Waals surface area contributed by atoms with E-state index in [1.807, 2.05) is 30.3 Å². The van der Waals surface area contributed by atoms with Crippen molar-refractivity contribution in [3.05, 3.63) is 45.8 Å². The summed E-state index contributed by atoms with van der Waals surface area (Å²) in [5, 5.41) is 2.13. The van der Waals surface area contributed by atoms with Gasteiger partial charge in [0.15, 0.2) is 0 Å². The number of nitrogens with two attached hydrogens (primary N) is 1. The van der Waals surface area contributed by atoms with Gasteiger partial charge in [-0.15, -0.1) is 0 Å². The number of primary amides is 1. The zero-order valence-electron chi connectivity index (χ0n) is 7.99. The summed E-state index contributed by atoms with van der Waals surface area (Å²) in [7, 11) is 0. The summed E-state index contributed by atoms with van der Waals surface area (Å²) in [6, 6.07) is 7.89. The number of rotatable bonds is 1. The summed E-state index contributed by atoms with van der Waals surface area (Å²) < 4.78 is 5.49. The largest absolute Gasteiger partial charge is 0.487 e. The van der Waals surface area contributed by atoms with E-state index in [1.54, 1.807) is 0 Å². The topological polar surface area (TPSA) is 52.3 Å². The van der Waals surface area contributed by atoms with Crippen LogP contribution in [0, 0.1) is 0 Å². The van der Waals surface area contributed by atoms with E-state index in [0.29, 0.717) is 12.2 Å². The van der Waals surface area contributed by atoms with Gasteiger partial charge in [0.05, 0.1) is 5.57 Å². The van der Waals surface area contributed by atoms with Gasteiger partial charge in [-0.05, 0) is 11.3 Å². The van der Waals surface area contributed by atoms with Crippen LogP contribution >= 0.6 is 0 Å². The van der Waals surface area contributed by atoms with Crippen molar-refractivity contribution in [1.82, 2.24) is 0 Å². The van der Waals surface area contributed by atoms with Gasteiger partial charge in [-0.25, -0.2) is 0 Å². The Bertz CT molecular complexity index is 611. The molecule has 1 aromatic carbocycles. The highest BCUT2D eigenvalue weighted by atomic mass is 16.5. The Morgan fingerprint density at radius 1 is 1.33 bits per heavy atom. The average Bonchev–Trinajstić information content (AvgIpc) is 2.74. The number of amides is 1. The minimum atomic E-state index is -0.399. The molecule has 1 amide bonds. The Labute approximate surface area is 86.2 Å². The highest BCUT2D eigenvalue weighted by Crippen LogP contribution is 2.27. The fraction of sp³-hybridized carbons (Fsp3) is 0.0833. The van der Waals surface area contributed by atoms with Crippen molar-refractivity contribution in [2.45, 2.75) is 0 Å². The number of hydrogen-bond acceptors (Lipinski definition) is 2. The van der Waals surface area contributed by atoms with Crippen molar-refractivity contribution in [2.24, 2.45) is 5.73 Å². The smallest absolute Gasteiger partial charge is 0.248 e. The molecule has 15 heavy (non-hydrogen) atoms. The summed E-state index contributed by atoms with van der Waals surface area (Å²) in [5.74, 6) is 0.392. The second-order valence-electron chi connectivity index (χ2n) is 3.61. The quantitative estimate of drug-likeness (QED) is 0.656. The average molecular weight is 199 g/mol. The molecule has 0 saturated carbocycles. The van der Waals surface area contributed by atoms with E-state index in [4.69, 9.17) is 10.5 Å². The Morgan fingerprint density at radius 3 is 2.93 bits per heavy atom. The number of carbonyl (C=O) groups excluding carboxylic acids is 1. The molecule has 3 rings (SSSR count). The zero-order chi connectivity index (χ0) is 10.4. The Balaban J connectivity index is 2.38. The first-order valence-corrected chi connectivity index (χ1v) is 4.74. The van der Waals surface area contributed by atoms with Gasteiger partial charge in [-0.3, -0.25) is 4.79 Å². The first-order chi connectivity index (χ1) is 7.27. The molecule has 1 heterocycles. The molecular formula is C12H9NO2. The lowest BCUT2D eigenvalue weighted by molar-refractivity contribution is -0.114. The molecule has 1 aliphatic carbocycles. The predicted octanol–water partition coefficient (Wildman–Crippen LogP) is -0.599. The lowest BCUT2D eigenvalue weighted by atomic mass is 10.1. The van der Waals surface area contributed by atoms with Crippen LogP contribution in [0.15, 0.2) is 35.4 Å². The molecule has 0 aromatic heterocycles. The van der Waals surface area contributed by atoms with E-state index in [2.05, 4.69) is 0 Å². The van der Waals surface area contributed by atoms with Crippen LogP contribution < -0.4 is 16.2 Å². The number of benzene rings is 1. The summed E-state index contributed by atoms with van der Waals surface area (Å²) in [5.41, 5.74) is 6.70. The van der Waals surface area contributed by atoms with Gasteiger partial charge in [-0.1, -0.05) is 24.3 Å². The van der Waals surface area contributed by atoms with Crippen LogP contribution in [0.2, 0.25) is 0 Å². The van der Waals surface area contributed by atoms with E-state index < -0.39 is 5.91 Å². The third-order valence-electron chi connectivity index (χ3n) is 2.73. The second kappa shape index (κ2) is 2.73. The van der Waals surface area contributed by atoms with Gasteiger partial charge in [0.1, 0.15) is 12.4 Å². The number of fused-ring (bicyclic) bond motifs is 2. The molecule has 0 fully saturated rings. The summed E-state index contributed by atoms with van der Waals surface area (Å²) in [4.78, 5) is 11.1. The van der Waals surface area contributed by atoms with Gasteiger partial charge in [0.25, 0.3) is 0 Å². The van der Waals surface area contributed by atoms with Crippen LogP contribution in [0.25, 0.3) is 11.8 Å². The monoisotopic (exact) mass is 199 g/mol. The van der Waals surface area contributed by atoms with Gasteiger partial charge in [-0.2, -0.15) is 0 Å². The minimum absolute atomic E-state index is 0.296. The predicted molar refractivity (Wildman–Crippen MR) is 55.7 cm³/mol. The second-order valence-corrected chi connectivity index (χ2v) is 3.61. The van der Waals surface area contributed by atoms with E-state index in [9.17, 15) is 4.79 Å². The molecule has 0 bridgehead atoms. The summed E-state index contributed by atoms with van der Waals surface area (Å²) in [6.07, 6.45) is 1.96. The minimum Gasteiger partial charge on any atom is -0.487 e. The molecule has 0 saturated heterocycles. The molecule has 0 spiro atoms. The van der Waals surface area contributed by atoms with Crippen LogP contribution in [0.4, 0.5) is 0 Å². The van der Waals surface area contributed by atoms with E-state index in [1.165, 1.54) is 0 Å². The van der Waals surface area contributed by atoms with Gasteiger partial charge in [0, 0.05) is 10.8 Å². The SMILES string of the molecule is NC(=O)C1=C2C=c3ccccc3=C2OC1. The van der Waals surface area contributed by atoms with Gasteiger partial charge >= 0.3 is 0 Å². The number of carbonyl (C=O) groups is 1. The highest BCUT2D eigenvalue weighted by molar-refractivity contribution is 6.01.